The van der Waals surface area contributed by atoms with Gasteiger partial charge in [-0.1, -0.05) is 18.9 Å². The Labute approximate surface area is 176 Å². The van der Waals surface area contributed by atoms with Crippen LogP contribution in [0.3, 0.4) is 0 Å². The molecular formula is C21H27N3O5S. The van der Waals surface area contributed by atoms with Gasteiger partial charge in [-0.3, -0.25) is 9.59 Å². The Bertz CT molecular complexity index is 994. The topological polar surface area (TPSA) is 109 Å². The molecule has 1 aliphatic rings. The first-order valence-electron chi connectivity index (χ1n) is 10.0. The first-order valence-corrected chi connectivity index (χ1v) is 11.5. The summed E-state index contributed by atoms with van der Waals surface area (Å²) in [5, 5.41) is 5.23. The van der Waals surface area contributed by atoms with Crippen LogP contribution in [0.2, 0.25) is 0 Å². The zero-order valence-corrected chi connectivity index (χ0v) is 18.0. The van der Waals surface area contributed by atoms with Crippen molar-refractivity contribution in [3.8, 4) is 0 Å². The van der Waals surface area contributed by atoms with E-state index in [0.717, 1.165) is 25.7 Å². The van der Waals surface area contributed by atoms with E-state index in [1.165, 1.54) is 22.7 Å². The smallest absolute Gasteiger partial charge is 0.287 e. The van der Waals surface area contributed by atoms with Gasteiger partial charge >= 0.3 is 0 Å². The van der Waals surface area contributed by atoms with E-state index in [-0.39, 0.29) is 10.7 Å². The van der Waals surface area contributed by atoms with Gasteiger partial charge in [0.05, 0.1) is 11.2 Å². The van der Waals surface area contributed by atoms with Crippen molar-refractivity contribution >= 4 is 27.5 Å². The lowest BCUT2D eigenvalue weighted by Crippen LogP contribution is -2.41. The maximum atomic E-state index is 13.2. The van der Waals surface area contributed by atoms with Crippen LogP contribution < -0.4 is 10.6 Å². The largest absolute Gasteiger partial charge is 0.459 e. The Hall–Kier alpha value is -2.65. The lowest BCUT2D eigenvalue weighted by molar-refractivity contribution is -0.117. The molecule has 1 saturated heterocycles. The van der Waals surface area contributed by atoms with E-state index in [4.69, 9.17) is 4.42 Å². The number of sulfonamides is 1. The first-order chi connectivity index (χ1) is 14.3. The summed E-state index contributed by atoms with van der Waals surface area (Å²) in [6.45, 7) is 4.30. The molecule has 162 valence electrons. The molecule has 0 spiro atoms. The summed E-state index contributed by atoms with van der Waals surface area (Å²) < 4.78 is 32.9. The van der Waals surface area contributed by atoms with Crippen LogP contribution in [0.15, 0.2) is 45.9 Å². The van der Waals surface area contributed by atoms with Crippen LogP contribution in [0.4, 0.5) is 5.69 Å². The number of carbonyl (C=O) groups is 2. The molecule has 0 unspecified atom stereocenters. The SMILES string of the molecule is Cc1ccc(NC(=O)[C@@H](C)NC(=O)c2ccco2)cc1S(=O)(=O)N1CCCCCC1. The van der Waals surface area contributed by atoms with Crippen molar-refractivity contribution in [2.45, 2.75) is 50.5 Å². The van der Waals surface area contributed by atoms with Crippen LogP contribution in [0, 0.1) is 6.92 Å². The monoisotopic (exact) mass is 433 g/mol. The number of furan rings is 1. The summed E-state index contributed by atoms with van der Waals surface area (Å²) in [6, 6.07) is 7.05. The predicted octanol–water partition coefficient (Wildman–Crippen LogP) is 2.91. The summed E-state index contributed by atoms with van der Waals surface area (Å²) in [5.74, 6) is -0.858. The molecule has 1 atom stereocenters. The molecule has 30 heavy (non-hydrogen) atoms. The number of carbonyl (C=O) groups excluding carboxylic acids is 2. The summed E-state index contributed by atoms with van der Waals surface area (Å²) >= 11 is 0. The van der Waals surface area contributed by atoms with Crippen LogP contribution in [0.5, 0.6) is 0 Å². The van der Waals surface area contributed by atoms with Gasteiger partial charge in [0, 0.05) is 18.8 Å². The fraction of sp³-hybridized carbons (Fsp3) is 0.429. The van der Waals surface area contributed by atoms with Crippen molar-refractivity contribution in [2.75, 3.05) is 18.4 Å². The molecule has 0 aliphatic carbocycles. The number of anilines is 1. The molecule has 9 heteroatoms. The molecule has 2 aromatic rings. The molecule has 0 bridgehead atoms. The first kappa shape index (κ1) is 22.0. The number of nitrogens with zero attached hydrogens (tertiary/aromatic N) is 1. The molecule has 0 radical (unpaired) electrons. The highest BCUT2D eigenvalue weighted by molar-refractivity contribution is 7.89. The maximum Gasteiger partial charge on any atom is 0.287 e. The Kier molecular flexibility index (Phi) is 6.94. The molecule has 2 heterocycles. The number of nitrogens with one attached hydrogen (secondary N) is 2. The highest BCUT2D eigenvalue weighted by Gasteiger charge is 2.27. The van der Waals surface area contributed by atoms with Crippen LogP contribution >= 0.6 is 0 Å². The zero-order chi connectivity index (χ0) is 21.7. The molecule has 2 amide bonds. The number of hydrogen-bond acceptors (Lipinski definition) is 5. The van der Waals surface area contributed by atoms with Gasteiger partial charge in [-0.25, -0.2) is 8.42 Å². The fourth-order valence-corrected chi connectivity index (χ4v) is 5.14. The highest BCUT2D eigenvalue weighted by Crippen LogP contribution is 2.26. The van der Waals surface area contributed by atoms with Crippen molar-refractivity contribution in [1.29, 1.82) is 0 Å². The van der Waals surface area contributed by atoms with E-state index in [1.807, 2.05) is 0 Å². The second-order valence-corrected chi connectivity index (χ2v) is 9.37. The second kappa shape index (κ2) is 9.44. The summed E-state index contributed by atoms with van der Waals surface area (Å²) in [7, 11) is -3.64. The Morgan fingerprint density at radius 3 is 2.43 bits per heavy atom. The lowest BCUT2D eigenvalue weighted by atomic mass is 10.2. The van der Waals surface area contributed by atoms with Gasteiger partial charge in [0.25, 0.3) is 5.91 Å². The molecule has 3 rings (SSSR count). The third-order valence-corrected chi connectivity index (χ3v) is 7.17. The van der Waals surface area contributed by atoms with Gasteiger partial charge in [-0.2, -0.15) is 4.31 Å². The van der Waals surface area contributed by atoms with Gasteiger partial charge in [0.2, 0.25) is 15.9 Å². The standard InChI is InChI=1S/C21H27N3O5S/c1-15-9-10-17(14-19(15)30(27,28)24-11-5-3-4-6-12-24)23-20(25)16(2)22-21(26)18-8-7-13-29-18/h7-10,13-14,16H,3-6,11-12H2,1-2H3,(H,22,26)(H,23,25)/t16-/m1/s1. The second-order valence-electron chi connectivity index (χ2n) is 7.46. The van der Waals surface area contributed by atoms with Crippen LogP contribution in [0.25, 0.3) is 0 Å². The fourth-order valence-electron chi connectivity index (χ4n) is 3.37. The number of benzene rings is 1. The highest BCUT2D eigenvalue weighted by atomic mass is 32.2. The maximum absolute atomic E-state index is 13.2. The minimum Gasteiger partial charge on any atom is -0.459 e. The van der Waals surface area contributed by atoms with Crippen molar-refractivity contribution in [3.63, 3.8) is 0 Å². The van der Waals surface area contributed by atoms with Crippen molar-refractivity contribution < 1.29 is 22.4 Å². The Morgan fingerprint density at radius 1 is 1.10 bits per heavy atom. The van der Waals surface area contributed by atoms with Crippen molar-refractivity contribution in [3.05, 3.63) is 47.9 Å². The van der Waals surface area contributed by atoms with E-state index in [2.05, 4.69) is 10.6 Å². The van der Waals surface area contributed by atoms with Crippen LogP contribution in [-0.4, -0.2) is 43.7 Å². The molecule has 1 aliphatic heterocycles. The van der Waals surface area contributed by atoms with E-state index >= 15 is 0 Å². The summed E-state index contributed by atoms with van der Waals surface area (Å²) in [4.78, 5) is 24.7. The molecule has 8 nitrogen and oxygen atoms in total. The van der Waals surface area contributed by atoms with Gasteiger partial charge < -0.3 is 15.1 Å². The Morgan fingerprint density at radius 2 is 1.80 bits per heavy atom. The number of rotatable bonds is 6. The minimum absolute atomic E-state index is 0.107. The molecule has 1 aromatic carbocycles. The molecule has 2 N–H and O–H groups in total. The van der Waals surface area contributed by atoms with E-state index in [1.54, 1.807) is 32.0 Å². The predicted molar refractivity (Wildman–Crippen MR) is 113 cm³/mol. The average Bonchev–Trinajstić information content (AvgIpc) is 3.11. The van der Waals surface area contributed by atoms with Gasteiger partial charge in [-0.05, 0) is 56.5 Å². The molecular weight excluding hydrogens is 406 g/mol. The normalized spacial score (nSPS) is 16.5. The lowest BCUT2D eigenvalue weighted by Gasteiger charge is -2.22. The minimum atomic E-state index is -3.64. The molecule has 0 saturated carbocycles. The third kappa shape index (κ3) is 5.09. The summed E-state index contributed by atoms with van der Waals surface area (Å²) in [6.07, 6.45) is 5.13. The number of aryl methyl sites for hydroxylation is 1. The Balaban J connectivity index is 1.72. The zero-order valence-electron chi connectivity index (χ0n) is 17.2. The van der Waals surface area contributed by atoms with Crippen molar-refractivity contribution in [2.24, 2.45) is 0 Å². The average molecular weight is 434 g/mol. The quantitative estimate of drug-likeness (QED) is 0.728. The molecule has 1 aromatic heterocycles. The third-order valence-electron chi connectivity index (χ3n) is 5.12. The van der Waals surface area contributed by atoms with Gasteiger partial charge in [0.1, 0.15) is 6.04 Å². The van der Waals surface area contributed by atoms with Crippen molar-refractivity contribution in [1.82, 2.24) is 9.62 Å². The van der Waals surface area contributed by atoms with Crippen LogP contribution in [0.1, 0.15) is 48.7 Å². The van der Waals surface area contributed by atoms with E-state index in [0.29, 0.717) is 24.3 Å². The van der Waals surface area contributed by atoms with Crippen LogP contribution in [-0.2, 0) is 14.8 Å². The van der Waals surface area contributed by atoms with Gasteiger partial charge in [-0.15, -0.1) is 0 Å². The van der Waals surface area contributed by atoms with E-state index < -0.39 is 27.9 Å². The number of hydrogen-bond donors (Lipinski definition) is 2. The number of amides is 2. The summed E-state index contributed by atoms with van der Waals surface area (Å²) in [5.41, 5.74) is 0.981. The van der Waals surface area contributed by atoms with Gasteiger partial charge in [0.15, 0.2) is 5.76 Å². The molecule has 1 fully saturated rings. The van der Waals surface area contributed by atoms with E-state index in [9.17, 15) is 18.0 Å².